The molecule has 2 heteroatoms. The Morgan fingerprint density at radius 1 is 1.05 bits per heavy atom. The van der Waals surface area contributed by atoms with Crippen molar-refractivity contribution in [3.05, 3.63) is 65.2 Å². The Labute approximate surface area is 113 Å². The summed E-state index contributed by atoms with van der Waals surface area (Å²) < 4.78 is 13.0. The molecule has 0 unspecified atom stereocenters. The number of hydrogen-bond donors (Lipinski definition) is 0. The lowest BCUT2D eigenvalue weighted by molar-refractivity contribution is 0.589. The van der Waals surface area contributed by atoms with Crippen molar-refractivity contribution < 1.29 is 4.39 Å². The van der Waals surface area contributed by atoms with Crippen LogP contribution in [0.4, 0.5) is 4.39 Å². The molecule has 0 N–H and O–H groups in total. The minimum atomic E-state index is -0.275. The maximum absolute atomic E-state index is 13.0. The zero-order chi connectivity index (χ0) is 13.9. The molecule has 0 aliphatic rings. The third kappa shape index (κ3) is 3.66. The Morgan fingerprint density at radius 3 is 2.53 bits per heavy atom. The first-order valence-corrected chi connectivity index (χ1v) is 6.19. The third-order valence-corrected chi connectivity index (χ3v) is 2.79. The second-order valence-corrected chi connectivity index (χ2v) is 5.44. The lowest BCUT2D eigenvalue weighted by Crippen LogP contribution is -2.11. The summed E-state index contributed by atoms with van der Waals surface area (Å²) in [5, 5.41) is 0. The van der Waals surface area contributed by atoms with Crippen LogP contribution in [0, 0.1) is 17.7 Å². The molecule has 0 saturated carbocycles. The van der Waals surface area contributed by atoms with Gasteiger partial charge in [0.25, 0.3) is 0 Å². The fourth-order valence-electron chi connectivity index (χ4n) is 1.67. The van der Waals surface area contributed by atoms with Gasteiger partial charge in [-0.05, 0) is 47.2 Å². The highest BCUT2D eigenvalue weighted by molar-refractivity contribution is 5.41. The van der Waals surface area contributed by atoms with Crippen molar-refractivity contribution in [1.82, 2.24) is 4.98 Å². The van der Waals surface area contributed by atoms with E-state index < -0.39 is 0 Å². The summed E-state index contributed by atoms with van der Waals surface area (Å²) in [4.78, 5) is 4.22. The molecule has 0 aliphatic heterocycles. The molecule has 0 bridgehead atoms. The predicted molar refractivity (Wildman–Crippen MR) is 75.3 cm³/mol. The summed E-state index contributed by atoms with van der Waals surface area (Å²) >= 11 is 0. The third-order valence-electron chi connectivity index (χ3n) is 2.79. The lowest BCUT2D eigenvalue weighted by Gasteiger charge is -2.18. The smallest absolute Gasteiger partial charge is 0.124 e. The molecule has 0 aliphatic carbocycles. The SMILES string of the molecule is CC(C)(C)c1ccnc(C#Cc2cccc(F)c2)c1. The van der Waals surface area contributed by atoms with Gasteiger partial charge >= 0.3 is 0 Å². The predicted octanol–water partition coefficient (Wildman–Crippen LogP) is 3.92. The monoisotopic (exact) mass is 253 g/mol. The standard InChI is InChI=1S/C17H16FN/c1-17(2,3)14-9-10-19-16(12-14)8-7-13-5-4-6-15(18)11-13/h4-6,9-12H,1-3H3. The van der Waals surface area contributed by atoms with E-state index in [0.29, 0.717) is 11.3 Å². The van der Waals surface area contributed by atoms with Crippen LogP contribution in [0.1, 0.15) is 37.6 Å². The molecule has 96 valence electrons. The molecule has 1 nitrogen and oxygen atoms in total. The zero-order valence-corrected chi connectivity index (χ0v) is 11.4. The molecule has 0 radical (unpaired) electrons. The summed E-state index contributed by atoms with van der Waals surface area (Å²) in [5.74, 6) is 5.63. The minimum Gasteiger partial charge on any atom is -0.248 e. The molecule has 1 heterocycles. The van der Waals surface area contributed by atoms with Gasteiger partial charge in [-0.15, -0.1) is 0 Å². The van der Waals surface area contributed by atoms with Crippen molar-refractivity contribution in [3.8, 4) is 11.8 Å². The van der Waals surface area contributed by atoms with Crippen molar-refractivity contribution in [3.63, 3.8) is 0 Å². The molecule has 0 atom stereocenters. The number of halogens is 1. The van der Waals surface area contributed by atoms with E-state index in [2.05, 4.69) is 37.6 Å². The van der Waals surface area contributed by atoms with Crippen LogP contribution in [-0.2, 0) is 5.41 Å². The number of hydrogen-bond acceptors (Lipinski definition) is 1. The first-order chi connectivity index (χ1) is 8.95. The van der Waals surface area contributed by atoms with Gasteiger partial charge in [0.15, 0.2) is 0 Å². The van der Waals surface area contributed by atoms with E-state index in [4.69, 9.17) is 0 Å². The van der Waals surface area contributed by atoms with Gasteiger partial charge in [-0.1, -0.05) is 32.8 Å². The average molecular weight is 253 g/mol. The summed E-state index contributed by atoms with van der Waals surface area (Å²) in [6.07, 6.45) is 1.76. The van der Waals surface area contributed by atoms with E-state index in [9.17, 15) is 4.39 Å². The van der Waals surface area contributed by atoms with Crippen LogP contribution in [0.25, 0.3) is 0 Å². The van der Waals surface area contributed by atoms with Gasteiger partial charge in [-0.3, -0.25) is 0 Å². The fourth-order valence-corrected chi connectivity index (χ4v) is 1.67. The van der Waals surface area contributed by atoms with E-state index in [1.54, 1.807) is 18.3 Å². The highest BCUT2D eigenvalue weighted by Crippen LogP contribution is 2.21. The summed E-state index contributed by atoms with van der Waals surface area (Å²) in [6, 6.07) is 10.2. The second kappa shape index (κ2) is 5.24. The highest BCUT2D eigenvalue weighted by atomic mass is 19.1. The molecule has 0 fully saturated rings. The zero-order valence-electron chi connectivity index (χ0n) is 11.4. The topological polar surface area (TPSA) is 12.9 Å². The van der Waals surface area contributed by atoms with Crippen LogP contribution in [0.2, 0.25) is 0 Å². The number of benzene rings is 1. The lowest BCUT2D eigenvalue weighted by atomic mass is 9.87. The maximum atomic E-state index is 13.0. The van der Waals surface area contributed by atoms with E-state index in [0.717, 1.165) is 0 Å². The Kier molecular flexibility index (Phi) is 3.66. The summed E-state index contributed by atoms with van der Waals surface area (Å²) in [7, 11) is 0. The molecular weight excluding hydrogens is 237 g/mol. The van der Waals surface area contributed by atoms with Crippen LogP contribution in [0.5, 0.6) is 0 Å². The Bertz CT molecular complexity index is 642. The average Bonchev–Trinajstić information content (AvgIpc) is 2.36. The van der Waals surface area contributed by atoms with Gasteiger partial charge in [-0.25, -0.2) is 9.37 Å². The number of nitrogens with zero attached hydrogens (tertiary/aromatic N) is 1. The first kappa shape index (κ1) is 13.3. The van der Waals surface area contributed by atoms with Crippen LogP contribution in [-0.4, -0.2) is 4.98 Å². The molecule has 2 aromatic rings. The van der Waals surface area contributed by atoms with Crippen molar-refractivity contribution >= 4 is 0 Å². The molecule has 2 rings (SSSR count). The van der Waals surface area contributed by atoms with E-state index in [1.807, 2.05) is 12.1 Å². The van der Waals surface area contributed by atoms with E-state index in [-0.39, 0.29) is 11.2 Å². The number of rotatable bonds is 0. The first-order valence-electron chi connectivity index (χ1n) is 6.19. The van der Waals surface area contributed by atoms with Crippen molar-refractivity contribution in [1.29, 1.82) is 0 Å². The fraction of sp³-hybridized carbons (Fsp3) is 0.235. The van der Waals surface area contributed by atoms with Crippen molar-refractivity contribution in [2.45, 2.75) is 26.2 Å². The van der Waals surface area contributed by atoms with E-state index >= 15 is 0 Å². The van der Waals surface area contributed by atoms with Gasteiger partial charge in [0.05, 0.1) is 0 Å². The number of aromatic nitrogens is 1. The van der Waals surface area contributed by atoms with Crippen LogP contribution < -0.4 is 0 Å². The number of pyridine rings is 1. The molecule has 0 spiro atoms. The van der Waals surface area contributed by atoms with Gasteiger partial charge < -0.3 is 0 Å². The maximum Gasteiger partial charge on any atom is 0.124 e. The molecular formula is C17H16FN. The van der Waals surface area contributed by atoms with Gasteiger partial charge in [0.1, 0.15) is 11.5 Å². The van der Waals surface area contributed by atoms with E-state index in [1.165, 1.54) is 17.7 Å². The molecule has 1 aromatic heterocycles. The van der Waals surface area contributed by atoms with Crippen LogP contribution >= 0.6 is 0 Å². The minimum absolute atomic E-state index is 0.0677. The Balaban J connectivity index is 2.30. The summed E-state index contributed by atoms with van der Waals surface area (Å²) in [6.45, 7) is 6.43. The van der Waals surface area contributed by atoms with Crippen molar-refractivity contribution in [2.24, 2.45) is 0 Å². The Hall–Kier alpha value is -2.14. The Morgan fingerprint density at radius 2 is 1.84 bits per heavy atom. The second-order valence-electron chi connectivity index (χ2n) is 5.44. The van der Waals surface area contributed by atoms with Gasteiger partial charge in [0.2, 0.25) is 0 Å². The van der Waals surface area contributed by atoms with Gasteiger partial charge in [0, 0.05) is 11.8 Å². The normalized spacial score (nSPS) is 10.7. The van der Waals surface area contributed by atoms with Crippen LogP contribution in [0.3, 0.4) is 0 Å². The highest BCUT2D eigenvalue weighted by Gasteiger charge is 2.13. The molecule has 19 heavy (non-hydrogen) atoms. The molecule has 0 amide bonds. The quantitative estimate of drug-likeness (QED) is 0.648. The van der Waals surface area contributed by atoms with Crippen molar-refractivity contribution in [2.75, 3.05) is 0 Å². The van der Waals surface area contributed by atoms with Crippen LogP contribution in [0.15, 0.2) is 42.6 Å². The largest absolute Gasteiger partial charge is 0.248 e. The molecule has 0 saturated heterocycles. The summed E-state index contributed by atoms with van der Waals surface area (Å²) in [5.41, 5.74) is 2.61. The van der Waals surface area contributed by atoms with Gasteiger partial charge in [-0.2, -0.15) is 0 Å². The molecule has 1 aromatic carbocycles.